The second-order valence-corrected chi connectivity index (χ2v) is 5.56. The summed E-state index contributed by atoms with van der Waals surface area (Å²) >= 11 is 0. The highest BCUT2D eigenvalue weighted by Gasteiger charge is 2.41. The molecule has 3 N–H and O–H groups in total. The van der Waals surface area contributed by atoms with E-state index in [0.717, 1.165) is 12.0 Å². The zero-order valence-corrected chi connectivity index (χ0v) is 12.2. The normalized spacial score (nSPS) is 26.4. The van der Waals surface area contributed by atoms with Crippen molar-refractivity contribution in [2.45, 2.75) is 39.7 Å². The number of nitrogens with one attached hydrogen (secondary N) is 1. The van der Waals surface area contributed by atoms with Crippen LogP contribution in [0.4, 0.5) is 0 Å². The topological polar surface area (TPSA) is 86.6 Å². The molecule has 1 heterocycles. The first-order valence-electron chi connectivity index (χ1n) is 6.81. The van der Waals surface area contributed by atoms with Gasteiger partial charge in [-0.25, -0.2) is 0 Å². The molecule has 0 aromatic carbocycles. The Hall–Kier alpha value is -1.62. The first kappa shape index (κ1) is 16.4. The Morgan fingerprint density at radius 3 is 2.35 bits per heavy atom. The molecule has 0 aliphatic carbocycles. The Morgan fingerprint density at radius 1 is 1.20 bits per heavy atom. The summed E-state index contributed by atoms with van der Waals surface area (Å²) in [5.41, 5.74) is 2.29. The Bertz CT molecular complexity index is 435. The van der Waals surface area contributed by atoms with E-state index >= 15 is 0 Å². The maximum absolute atomic E-state index is 11.2. The van der Waals surface area contributed by atoms with Crippen LogP contribution in [-0.2, 0) is 9.59 Å². The number of hydrogen-bond donors (Lipinski definition) is 3. The van der Waals surface area contributed by atoms with E-state index in [9.17, 15) is 9.59 Å². The summed E-state index contributed by atoms with van der Waals surface area (Å²) in [5, 5.41) is 21.1. The fraction of sp³-hybridized carbons (Fsp3) is 0.600. The van der Waals surface area contributed by atoms with Crippen LogP contribution in [0.15, 0.2) is 23.3 Å². The van der Waals surface area contributed by atoms with Gasteiger partial charge in [-0.15, -0.1) is 0 Å². The largest absolute Gasteiger partial charge is 0.481 e. The molecular formula is C15H23NO4. The van der Waals surface area contributed by atoms with Gasteiger partial charge < -0.3 is 15.5 Å². The average molecular weight is 281 g/mol. The Kier molecular flexibility index (Phi) is 5.95. The highest BCUT2D eigenvalue weighted by Crippen LogP contribution is 2.31. The van der Waals surface area contributed by atoms with Gasteiger partial charge >= 0.3 is 11.9 Å². The van der Waals surface area contributed by atoms with Crippen molar-refractivity contribution in [1.82, 2.24) is 5.32 Å². The van der Waals surface area contributed by atoms with Gasteiger partial charge in [0.05, 0.1) is 6.42 Å². The highest BCUT2D eigenvalue weighted by atomic mass is 16.4. The quantitative estimate of drug-likeness (QED) is 0.649. The molecule has 3 atom stereocenters. The van der Waals surface area contributed by atoms with Crippen LogP contribution in [0.1, 0.15) is 33.6 Å². The molecule has 0 bridgehead atoms. The van der Waals surface area contributed by atoms with Gasteiger partial charge in [-0.05, 0) is 33.1 Å². The van der Waals surface area contributed by atoms with Crippen molar-refractivity contribution in [1.29, 1.82) is 0 Å². The molecule has 0 spiro atoms. The number of carboxylic acids is 2. The summed E-state index contributed by atoms with van der Waals surface area (Å²) in [6.07, 6.45) is 4.82. The van der Waals surface area contributed by atoms with Gasteiger partial charge in [0.25, 0.3) is 0 Å². The van der Waals surface area contributed by atoms with Gasteiger partial charge in [0.15, 0.2) is 0 Å². The van der Waals surface area contributed by atoms with E-state index in [-0.39, 0.29) is 12.3 Å². The first-order valence-corrected chi connectivity index (χ1v) is 6.81. The fourth-order valence-electron chi connectivity index (χ4n) is 2.65. The van der Waals surface area contributed by atoms with Crippen LogP contribution >= 0.6 is 0 Å². The van der Waals surface area contributed by atoms with Crippen molar-refractivity contribution < 1.29 is 19.8 Å². The molecule has 20 heavy (non-hydrogen) atoms. The second kappa shape index (κ2) is 7.24. The van der Waals surface area contributed by atoms with Crippen LogP contribution in [-0.4, -0.2) is 34.7 Å². The van der Waals surface area contributed by atoms with Gasteiger partial charge in [-0.3, -0.25) is 9.59 Å². The lowest BCUT2D eigenvalue weighted by atomic mass is 9.83. The van der Waals surface area contributed by atoms with Crippen LogP contribution in [0.3, 0.4) is 0 Å². The van der Waals surface area contributed by atoms with Crippen molar-refractivity contribution in [3.05, 3.63) is 23.3 Å². The van der Waals surface area contributed by atoms with Crippen molar-refractivity contribution in [3.8, 4) is 0 Å². The van der Waals surface area contributed by atoms with Gasteiger partial charge in [0, 0.05) is 12.5 Å². The molecule has 1 aliphatic heterocycles. The van der Waals surface area contributed by atoms with E-state index in [1.807, 2.05) is 20.8 Å². The predicted molar refractivity (Wildman–Crippen MR) is 76.5 cm³/mol. The van der Waals surface area contributed by atoms with Crippen LogP contribution in [0.5, 0.6) is 0 Å². The van der Waals surface area contributed by atoms with E-state index in [1.54, 1.807) is 0 Å². The van der Waals surface area contributed by atoms with Crippen LogP contribution in [0.25, 0.3) is 0 Å². The van der Waals surface area contributed by atoms with Crippen LogP contribution < -0.4 is 5.32 Å². The maximum Gasteiger partial charge on any atom is 0.321 e. The van der Waals surface area contributed by atoms with Gasteiger partial charge in [0.1, 0.15) is 6.04 Å². The number of rotatable bonds is 6. The van der Waals surface area contributed by atoms with Gasteiger partial charge in [-0.1, -0.05) is 23.3 Å². The standard InChI is InChI=1S/C15H23NO4/c1-9(2)5-4-6-10(3)12-8-16-14(15(19)20)11(12)7-13(17)18/h5-6,11-12,14,16H,4,7-8H2,1-3H3,(H,17,18)(H,19,20)/b10-6+. The van der Waals surface area contributed by atoms with E-state index in [4.69, 9.17) is 10.2 Å². The molecule has 5 heteroatoms. The molecule has 3 unspecified atom stereocenters. The maximum atomic E-state index is 11.2. The molecule has 5 nitrogen and oxygen atoms in total. The zero-order valence-electron chi connectivity index (χ0n) is 12.2. The summed E-state index contributed by atoms with van der Waals surface area (Å²) in [6, 6.07) is -0.775. The summed E-state index contributed by atoms with van der Waals surface area (Å²) in [6.45, 7) is 6.51. The molecule has 0 radical (unpaired) electrons. The summed E-state index contributed by atoms with van der Waals surface area (Å²) < 4.78 is 0. The minimum atomic E-state index is -0.976. The third kappa shape index (κ3) is 4.49. The number of allylic oxidation sites excluding steroid dienone is 3. The monoisotopic (exact) mass is 281 g/mol. The average Bonchev–Trinajstić information content (AvgIpc) is 2.71. The van der Waals surface area contributed by atoms with Crippen LogP contribution in [0.2, 0.25) is 0 Å². The Balaban J connectivity index is 2.83. The number of carbonyl (C=O) groups is 2. The lowest BCUT2D eigenvalue weighted by Gasteiger charge is -2.20. The van der Waals surface area contributed by atoms with Crippen molar-refractivity contribution in [2.75, 3.05) is 6.54 Å². The van der Waals surface area contributed by atoms with E-state index in [0.29, 0.717) is 6.54 Å². The van der Waals surface area contributed by atoms with E-state index < -0.39 is 23.9 Å². The van der Waals surface area contributed by atoms with Crippen molar-refractivity contribution in [3.63, 3.8) is 0 Å². The molecule has 1 rings (SSSR count). The van der Waals surface area contributed by atoms with Crippen molar-refractivity contribution in [2.24, 2.45) is 11.8 Å². The molecule has 0 aromatic heterocycles. The number of aliphatic carboxylic acids is 2. The SMILES string of the molecule is CC(C)=CC/C=C(\C)C1CNC(C(=O)O)C1CC(=O)O. The van der Waals surface area contributed by atoms with E-state index in [2.05, 4.69) is 17.5 Å². The first-order chi connectivity index (χ1) is 9.32. The third-order valence-electron chi connectivity index (χ3n) is 3.73. The molecule has 0 aromatic rings. The zero-order chi connectivity index (χ0) is 15.3. The Labute approximate surface area is 119 Å². The smallest absolute Gasteiger partial charge is 0.321 e. The summed E-state index contributed by atoms with van der Waals surface area (Å²) in [5.74, 6) is -2.35. The number of hydrogen-bond acceptors (Lipinski definition) is 3. The second-order valence-electron chi connectivity index (χ2n) is 5.56. The molecule has 112 valence electrons. The highest BCUT2D eigenvalue weighted by molar-refractivity contribution is 5.76. The van der Waals surface area contributed by atoms with Gasteiger partial charge in [-0.2, -0.15) is 0 Å². The van der Waals surface area contributed by atoms with Crippen LogP contribution in [0, 0.1) is 11.8 Å². The molecule has 1 fully saturated rings. The molecular weight excluding hydrogens is 258 g/mol. The minimum Gasteiger partial charge on any atom is -0.481 e. The lowest BCUT2D eigenvalue weighted by Crippen LogP contribution is -2.36. The summed E-state index contributed by atoms with van der Waals surface area (Å²) in [4.78, 5) is 22.1. The Morgan fingerprint density at radius 2 is 1.85 bits per heavy atom. The molecule has 0 saturated carbocycles. The van der Waals surface area contributed by atoms with E-state index in [1.165, 1.54) is 5.57 Å². The van der Waals surface area contributed by atoms with Gasteiger partial charge in [0.2, 0.25) is 0 Å². The molecule has 1 saturated heterocycles. The minimum absolute atomic E-state index is 0.0298. The number of carboxylic acid groups (broad SMARTS) is 2. The fourth-order valence-corrected chi connectivity index (χ4v) is 2.65. The lowest BCUT2D eigenvalue weighted by molar-refractivity contribution is -0.142. The summed E-state index contributed by atoms with van der Waals surface area (Å²) in [7, 11) is 0. The molecule has 0 amide bonds. The van der Waals surface area contributed by atoms with Crippen molar-refractivity contribution >= 4 is 11.9 Å². The molecule has 1 aliphatic rings. The predicted octanol–water partition coefficient (Wildman–Crippen LogP) is 2.05. The third-order valence-corrected chi connectivity index (χ3v) is 3.73.